The van der Waals surface area contributed by atoms with Crippen LogP contribution in [0.3, 0.4) is 0 Å². The van der Waals surface area contributed by atoms with E-state index in [0.717, 1.165) is 25.7 Å². The summed E-state index contributed by atoms with van der Waals surface area (Å²) < 4.78 is 0. The molecule has 0 aromatic rings. The Bertz CT molecular complexity index is 386. The zero-order valence-electron chi connectivity index (χ0n) is 13.1. The quantitative estimate of drug-likeness (QED) is 0.804. The number of carbonyl (C=O) groups is 2. The van der Waals surface area contributed by atoms with Crippen LogP contribution >= 0.6 is 0 Å². The summed E-state index contributed by atoms with van der Waals surface area (Å²) in [5.74, 6) is -0.526. The van der Waals surface area contributed by atoms with Gasteiger partial charge in [-0.05, 0) is 52.1 Å². The third-order valence-electron chi connectivity index (χ3n) is 5.17. The molecule has 6 heteroatoms. The highest BCUT2D eigenvalue weighted by atomic mass is 16.4. The van der Waals surface area contributed by atoms with Gasteiger partial charge in [0.2, 0.25) is 0 Å². The number of amides is 2. The van der Waals surface area contributed by atoms with E-state index in [2.05, 4.69) is 24.3 Å². The number of likely N-dealkylation sites (N-methyl/N-ethyl adjacent to an activating group) is 1. The van der Waals surface area contributed by atoms with Crippen molar-refractivity contribution in [3.8, 4) is 0 Å². The fraction of sp³-hybridized carbons (Fsp3) is 0.867. The molecule has 1 aliphatic heterocycles. The molecule has 0 aromatic heterocycles. The van der Waals surface area contributed by atoms with E-state index in [-0.39, 0.29) is 23.9 Å². The molecule has 0 atom stereocenters. The monoisotopic (exact) mass is 297 g/mol. The minimum atomic E-state index is -0.740. The van der Waals surface area contributed by atoms with E-state index in [4.69, 9.17) is 5.11 Å². The second-order valence-corrected chi connectivity index (χ2v) is 6.66. The van der Waals surface area contributed by atoms with Gasteiger partial charge in [0.05, 0.1) is 0 Å². The van der Waals surface area contributed by atoms with E-state index in [0.29, 0.717) is 19.6 Å². The molecule has 1 aliphatic carbocycles. The molecule has 0 spiro atoms. The highest BCUT2D eigenvalue weighted by molar-refractivity contribution is 5.74. The van der Waals surface area contributed by atoms with E-state index in [1.165, 1.54) is 6.42 Å². The number of carboxylic acid groups (broad SMARTS) is 1. The first kappa shape index (κ1) is 16.1. The van der Waals surface area contributed by atoms with E-state index in [9.17, 15) is 9.59 Å². The van der Waals surface area contributed by atoms with Crippen molar-refractivity contribution in [2.24, 2.45) is 5.92 Å². The lowest BCUT2D eigenvalue weighted by Crippen LogP contribution is -2.58. The smallest absolute Gasteiger partial charge is 0.317 e. The van der Waals surface area contributed by atoms with Crippen LogP contribution in [0.15, 0.2) is 0 Å². The second-order valence-electron chi connectivity index (χ2n) is 6.66. The molecule has 0 unspecified atom stereocenters. The molecule has 2 amide bonds. The Morgan fingerprint density at radius 2 is 1.90 bits per heavy atom. The molecule has 2 rings (SSSR count). The van der Waals surface area contributed by atoms with E-state index in [1.54, 1.807) is 0 Å². The molecule has 2 N–H and O–H groups in total. The summed E-state index contributed by atoms with van der Waals surface area (Å²) >= 11 is 0. The average molecular weight is 297 g/mol. The molecule has 2 fully saturated rings. The van der Waals surface area contributed by atoms with Gasteiger partial charge in [0.15, 0.2) is 0 Å². The number of urea groups is 1. The zero-order chi connectivity index (χ0) is 15.5. The van der Waals surface area contributed by atoms with Crippen LogP contribution in [0.2, 0.25) is 0 Å². The maximum Gasteiger partial charge on any atom is 0.317 e. The normalized spacial score (nSPS) is 22.0. The number of hydrogen-bond acceptors (Lipinski definition) is 3. The number of likely N-dealkylation sites (tertiary alicyclic amines) is 1. The number of carboxylic acids is 1. The molecule has 21 heavy (non-hydrogen) atoms. The van der Waals surface area contributed by atoms with Gasteiger partial charge in [-0.25, -0.2) is 4.79 Å². The summed E-state index contributed by atoms with van der Waals surface area (Å²) in [6, 6.07) is -0.00287. The van der Waals surface area contributed by atoms with Crippen molar-refractivity contribution in [2.75, 3.05) is 33.7 Å². The number of carbonyl (C=O) groups excluding carboxylic acids is 1. The Labute approximate surface area is 126 Å². The summed E-state index contributed by atoms with van der Waals surface area (Å²) in [6.45, 7) is 2.03. The second kappa shape index (κ2) is 6.64. The van der Waals surface area contributed by atoms with Crippen LogP contribution in [-0.4, -0.2) is 66.2 Å². The standard InChI is InChI=1S/C15H27N3O3/c1-17(2)15(6-3-7-15)11-16-14(21)18-8-4-12(5-9-18)10-13(19)20/h12H,3-11H2,1-2H3,(H,16,21)(H,19,20). The largest absolute Gasteiger partial charge is 0.481 e. The highest BCUT2D eigenvalue weighted by Gasteiger charge is 2.39. The highest BCUT2D eigenvalue weighted by Crippen LogP contribution is 2.35. The van der Waals surface area contributed by atoms with Crippen molar-refractivity contribution in [3.05, 3.63) is 0 Å². The van der Waals surface area contributed by atoms with Crippen LogP contribution in [0.4, 0.5) is 4.79 Å². The minimum Gasteiger partial charge on any atom is -0.481 e. The summed E-state index contributed by atoms with van der Waals surface area (Å²) in [5, 5.41) is 11.9. The van der Waals surface area contributed by atoms with Gasteiger partial charge < -0.3 is 20.2 Å². The van der Waals surface area contributed by atoms with Gasteiger partial charge in [-0.1, -0.05) is 0 Å². The van der Waals surface area contributed by atoms with Gasteiger partial charge in [0.1, 0.15) is 0 Å². The van der Waals surface area contributed by atoms with E-state index in [1.807, 2.05) is 4.90 Å². The molecule has 1 saturated carbocycles. The molecular weight excluding hydrogens is 270 g/mol. The number of nitrogens with one attached hydrogen (secondary N) is 1. The maximum atomic E-state index is 12.2. The van der Waals surface area contributed by atoms with Gasteiger partial charge in [-0.15, -0.1) is 0 Å². The number of hydrogen-bond donors (Lipinski definition) is 2. The molecule has 120 valence electrons. The van der Waals surface area contributed by atoms with Crippen LogP contribution in [0.5, 0.6) is 0 Å². The predicted molar refractivity (Wildman–Crippen MR) is 80.2 cm³/mol. The topological polar surface area (TPSA) is 72.9 Å². The van der Waals surface area contributed by atoms with Crippen LogP contribution in [0.25, 0.3) is 0 Å². The fourth-order valence-electron chi connectivity index (χ4n) is 3.31. The van der Waals surface area contributed by atoms with Crippen molar-refractivity contribution in [3.63, 3.8) is 0 Å². The van der Waals surface area contributed by atoms with Crippen LogP contribution in [0.1, 0.15) is 38.5 Å². The zero-order valence-corrected chi connectivity index (χ0v) is 13.1. The van der Waals surface area contributed by atoms with E-state index >= 15 is 0 Å². The van der Waals surface area contributed by atoms with Gasteiger partial charge in [0.25, 0.3) is 0 Å². The summed E-state index contributed by atoms with van der Waals surface area (Å²) in [4.78, 5) is 27.0. The molecule has 0 bridgehead atoms. The SMILES string of the molecule is CN(C)C1(CNC(=O)N2CCC(CC(=O)O)CC2)CCC1. The third kappa shape index (κ3) is 3.87. The average Bonchev–Trinajstić information content (AvgIpc) is 2.37. The maximum absolute atomic E-state index is 12.2. The Morgan fingerprint density at radius 3 is 2.33 bits per heavy atom. The first-order valence-corrected chi connectivity index (χ1v) is 7.85. The van der Waals surface area contributed by atoms with Crippen LogP contribution in [-0.2, 0) is 4.79 Å². The first-order valence-electron chi connectivity index (χ1n) is 7.85. The van der Waals surface area contributed by atoms with Gasteiger partial charge in [0, 0.05) is 31.6 Å². The minimum absolute atomic E-state index is 0.00287. The summed E-state index contributed by atoms with van der Waals surface area (Å²) in [5.41, 5.74) is 0.136. The van der Waals surface area contributed by atoms with Crippen molar-refractivity contribution in [1.82, 2.24) is 15.1 Å². The molecule has 1 saturated heterocycles. The summed E-state index contributed by atoms with van der Waals surface area (Å²) in [7, 11) is 4.14. The molecule has 2 aliphatic rings. The Hall–Kier alpha value is -1.30. The van der Waals surface area contributed by atoms with Crippen molar-refractivity contribution in [1.29, 1.82) is 0 Å². The molecule has 6 nitrogen and oxygen atoms in total. The van der Waals surface area contributed by atoms with Crippen molar-refractivity contribution in [2.45, 2.75) is 44.1 Å². The number of piperidine rings is 1. The van der Waals surface area contributed by atoms with E-state index < -0.39 is 5.97 Å². The predicted octanol–water partition coefficient (Wildman–Crippen LogP) is 1.37. The van der Waals surface area contributed by atoms with Crippen LogP contribution < -0.4 is 5.32 Å². The number of rotatable bonds is 5. The lowest BCUT2D eigenvalue weighted by molar-refractivity contribution is -0.138. The Balaban J connectivity index is 1.74. The lowest BCUT2D eigenvalue weighted by atomic mass is 9.75. The first-order chi connectivity index (χ1) is 9.93. The molecular formula is C15H27N3O3. The third-order valence-corrected chi connectivity index (χ3v) is 5.17. The number of aliphatic carboxylic acids is 1. The molecule has 0 radical (unpaired) electrons. The van der Waals surface area contributed by atoms with Crippen molar-refractivity contribution >= 4 is 12.0 Å². The van der Waals surface area contributed by atoms with Crippen LogP contribution in [0, 0.1) is 5.92 Å². The lowest BCUT2D eigenvalue weighted by Gasteiger charge is -2.47. The van der Waals surface area contributed by atoms with Gasteiger partial charge in [-0.2, -0.15) is 0 Å². The van der Waals surface area contributed by atoms with Gasteiger partial charge >= 0.3 is 12.0 Å². The Kier molecular flexibility index (Phi) is 5.08. The number of nitrogens with zero attached hydrogens (tertiary/aromatic N) is 2. The fourth-order valence-corrected chi connectivity index (χ4v) is 3.31. The van der Waals surface area contributed by atoms with Gasteiger partial charge in [-0.3, -0.25) is 4.79 Å². The molecule has 0 aromatic carbocycles. The molecule has 1 heterocycles. The van der Waals surface area contributed by atoms with Crippen molar-refractivity contribution < 1.29 is 14.7 Å². The Morgan fingerprint density at radius 1 is 1.29 bits per heavy atom. The summed E-state index contributed by atoms with van der Waals surface area (Å²) in [6.07, 6.45) is 5.31.